The number of methoxy groups -OCH3 is 1. The van der Waals surface area contributed by atoms with E-state index in [-0.39, 0.29) is 19.7 Å². The van der Waals surface area contributed by atoms with Crippen LogP contribution in [0.3, 0.4) is 0 Å². The van der Waals surface area contributed by atoms with Gasteiger partial charge in [0.2, 0.25) is 5.91 Å². The number of ether oxygens (including phenoxy) is 3. The molecule has 35 heavy (non-hydrogen) atoms. The molecule has 0 aromatic heterocycles. The predicted molar refractivity (Wildman–Crippen MR) is 123 cm³/mol. The van der Waals surface area contributed by atoms with E-state index in [1.807, 2.05) is 0 Å². The number of fused-ring (bicyclic) bond motifs is 1. The number of rotatable bonds is 6. The fourth-order valence-electron chi connectivity index (χ4n) is 4.40. The van der Waals surface area contributed by atoms with Gasteiger partial charge in [-0.05, 0) is 52.3 Å². The lowest BCUT2D eigenvalue weighted by Gasteiger charge is -2.40. The molecule has 0 aliphatic carbocycles. The summed E-state index contributed by atoms with van der Waals surface area (Å²) in [4.78, 5) is 40.6. The number of hydrogen-bond acceptors (Lipinski definition) is 6. The van der Waals surface area contributed by atoms with E-state index < -0.39 is 59.8 Å². The highest BCUT2D eigenvalue weighted by Crippen LogP contribution is 2.44. The monoisotopic (exact) mass is 496 g/mol. The van der Waals surface area contributed by atoms with Gasteiger partial charge >= 0.3 is 12.1 Å². The number of amides is 2. The van der Waals surface area contributed by atoms with Crippen LogP contribution in [0.15, 0.2) is 24.3 Å². The van der Waals surface area contributed by atoms with Crippen LogP contribution in [0.25, 0.3) is 0 Å². The molecule has 1 aromatic rings. The third kappa shape index (κ3) is 6.21. The van der Waals surface area contributed by atoms with E-state index in [4.69, 9.17) is 14.2 Å². The normalized spacial score (nSPS) is 22.0. The minimum Gasteiger partial charge on any atom is -0.497 e. The summed E-state index contributed by atoms with van der Waals surface area (Å²) < 4.78 is 45.3. The minimum absolute atomic E-state index is 0.0236. The smallest absolute Gasteiger partial charge is 0.410 e. The van der Waals surface area contributed by atoms with E-state index in [2.05, 4.69) is 0 Å². The van der Waals surface area contributed by atoms with Crippen molar-refractivity contribution in [1.82, 2.24) is 9.80 Å². The lowest BCUT2D eigenvalue weighted by molar-refractivity contribution is -0.159. The first-order valence-corrected chi connectivity index (χ1v) is 11.6. The maximum Gasteiger partial charge on any atom is 0.410 e. The lowest BCUT2D eigenvalue weighted by Crippen LogP contribution is -2.56. The largest absolute Gasteiger partial charge is 0.497 e. The molecule has 0 N–H and O–H groups in total. The highest BCUT2D eigenvalue weighted by atomic mass is 19.3. The van der Waals surface area contributed by atoms with Gasteiger partial charge < -0.3 is 19.1 Å². The van der Waals surface area contributed by atoms with Crippen molar-refractivity contribution < 1.29 is 37.4 Å². The van der Waals surface area contributed by atoms with Gasteiger partial charge in [-0.1, -0.05) is 12.1 Å². The van der Waals surface area contributed by atoms with Gasteiger partial charge in [-0.25, -0.2) is 13.6 Å². The van der Waals surface area contributed by atoms with Gasteiger partial charge in [-0.15, -0.1) is 0 Å². The number of alkyl halides is 2. The van der Waals surface area contributed by atoms with Crippen LogP contribution in [-0.2, 0) is 25.7 Å². The molecule has 2 atom stereocenters. The second-order valence-electron chi connectivity index (χ2n) is 10.8. The maximum atomic E-state index is 14.7. The first-order chi connectivity index (χ1) is 16.1. The molecule has 2 aliphatic heterocycles. The Morgan fingerprint density at radius 1 is 1.11 bits per heavy atom. The van der Waals surface area contributed by atoms with E-state index in [1.165, 1.54) is 4.90 Å². The van der Waals surface area contributed by atoms with Crippen molar-refractivity contribution in [3.8, 4) is 5.75 Å². The molecule has 2 heterocycles. The quantitative estimate of drug-likeness (QED) is 0.556. The molecule has 194 valence electrons. The van der Waals surface area contributed by atoms with Crippen LogP contribution in [0.1, 0.15) is 46.6 Å². The van der Waals surface area contributed by atoms with Gasteiger partial charge in [0, 0.05) is 19.5 Å². The Bertz CT molecular complexity index is 958. The first-order valence-electron chi connectivity index (χ1n) is 11.6. The molecule has 2 unspecified atom stereocenters. The van der Waals surface area contributed by atoms with Gasteiger partial charge in [-0.3, -0.25) is 14.5 Å². The van der Waals surface area contributed by atoms with Crippen molar-refractivity contribution in [2.45, 2.75) is 65.2 Å². The average Bonchev–Trinajstić information content (AvgIpc) is 3.01. The number of piperidine rings is 1. The van der Waals surface area contributed by atoms with Gasteiger partial charge in [0.15, 0.2) is 0 Å². The standard InChI is InChI=1S/C25H34F2N2O6/c1-23(2,3)35-22(32)29-15-25(26,27)18-11-20(30)28(12-19(18)29)14-24(4,5)21(31)34-13-16-7-9-17(33-6)10-8-16/h7-10,18-19H,11-15H2,1-6H3. The second-order valence-corrected chi connectivity index (χ2v) is 10.8. The number of carbonyl (C=O) groups excluding carboxylic acids is 3. The number of esters is 1. The molecule has 2 amide bonds. The van der Waals surface area contributed by atoms with Crippen molar-refractivity contribution in [3.63, 3.8) is 0 Å². The van der Waals surface area contributed by atoms with Crippen LogP contribution >= 0.6 is 0 Å². The minimum atomic E-state index is -3.20. The summed E-state index contributed by atoms with van der Waals surface area (Å²) in [6.07, 6.45) is -1.24. The molecule has 2 saturated heterocycles. The van der Waals surface area contributed by atoms with Gasteiger partial charge in [0.05, 0.1) is 31.0 Å². The van der Waals surface area contributed by atoms with Crippen LogP contribution in [0.2, 0.25) is 0 Å². The third-order valence-corrected chi connectivity index (χ3v) is 6.24. The maximum absolute atomic E-state index is 14.7. The Kier molecular flexibility index (Phi) is 7.34. The van der Waals surface area contributed by atoms with Crippen LogP contribution in [0.4, 0.5) is 13.6 Å². The van der Waals surface area contributed by atoms with E-state index in [0.29, 0.717) is 5.75 Å². The summed E-state index contributed by atoms with van der Waals surface area (Å²) in [5, 5.41) is 0. The average molecular weight is 497 g/mol. The summed E-state index contributed by atoms with van der Waals surface area (Å²) in [6.45, 7) is 7.37. The number of nitrogens with zero attached hydrogens (tertiary/aromatic N) is 2. The first kappa shape index (κ1) is 26.7. The molecule has 8 nitrogen and oxygen atoms in total. The van der Waals surface area contributed by atoms with Gasteiger partial charge in [-0.2, -0.15) is 0 Å². The van der Waals surface area contributed by atoms with Crippen molar-refractivity contribution in [1.29, 1.82) is 0 Å². The third-order valence-electron chi connectivity index (χ3n) is 6.24. The van der Waals surface area contributed by atoms with Crippen molar-refractivity contribution in [2.75, 3.05) is 26.7 Å². The molecule has 0 bridgehead atoms. The predicted octanol–water partition coefficient (Wildman–Crippen LogP) is 3.87. The highest BCUT2D eigenvalue weighted by Gasteiger charge is 2.60. The van der Waals surface area contributed by atoms with Crippen molar-refractivity contribution in [2.24, 2.45) is 11.3 Å². The van der Waals surface area contributed by atoms with Gasteiger partial charge in [0.1, 0.15) is 18.0 Å². The molecule has 2 fully saturated rings. The van der Waals surface area contributed by atoms with Crippen molar-refractivity contribution >= 4 is 18.0 Å². The zero-order chi connectivity index (χ0) is 26.2. The SMILES string of the molecule is COc1ccc(COC(=O)C(C)(C)CN2CC3C(CC2=O)C(F)(F)CN3C(=O)OC(C)(C)C)cc1. The molecular weight excluding hydrogens is 462 g/mol. The topological polar surface area (TPSA) is 85.4 Å². The Labute approximate surface area is 204 Å². The lowest BCUT2D eigenvalue weighted by atomic mass is 9.86. The molecule has 10 heteroatoms. The molecule has 2 aliphatic rings. The summed E-state index contributed by atoms with van der Waals surface area (Å²) in [6, 6.07) is 6.16. The van der Waals surface area contributed by atoms with Crippen LogP contribution in [-0.4, -0.2) is 72.1 Å². The summed E-state index contributed by atoms with van der Waals surface area (Å²) in [7, 11) is 1.56. The van der Waals surface area contributed by atoms with Crippen LogP contribution in [0, 0.1) is 11.3 Å². The van der Waals surface area contributed by atoms with Crippen molar-refractivity contribution in [3.05, 3.63) is 29.8 Å². The molecule has 3 rings (SSSR count). The van der Waals surface area contributed by atoms with E-state index in [0.717, 1.165) is 10.5 Å². The zero-order valence-corrected chi connectivity index (χ0v) is 21.1. The molecular formula is C25H34F2N2O6. The fourth-order valence-corrected chi connectivity index (χ4v) is 4.40. The van der Waals surface area contributed by atoms with E-state index in [1.54, 1.807) is 66.0 Å². The molecule has 0 spiro atoms. The Morgan fingerprint density at radius 3 is 2.31 bits per heavy atom. The van der Waals surface area contributed by atoms with Crippen LogP contribution < -0.4 is 4.74 Å². The highest BCUT2D eigenvalue weighted by molar-refractivity contribution is 5.81. The molecule has 0 radical (unpaired) electrons. The second kappa shape index (κ2) is 9.62. The summed E-state index contributed by atoms with van der Waals surface area (Å²) in [5.74, 6) is -4.81. The van der Waals surface area contributed by atoms with Gasteiger partial charge in [0.25, 0.3) is 5.92 Å². The summed E-state index contributed by atoms with van der Waals surface area (Å²) >= 11 is 0. The Morgan fingerprint density at radius 2 is 1.74 bits per heavy atom. The Balaban J connectivity index is 1.67. The molecule has 0 saturated carbocycles. The number of hydrogen-bond donors (Lipinski definition) is 0. The number of carbonyl (C=O) groups is 3. The molecule has 1 aromatic carbocycles. The zero-order valence-electron chi connectivity index (χ0n) is 21.1. The summed E-state index contributed by atoms with van der Waals surface area (Å²) in [5.41, 5.74) is -1.16. The fraction of sp³-hybridized carbons (Fsp3) is 0.640. The van der Waals surface area contributed by atoms with E-state index in [9.17, 15) is 23.2 Å². The number of halogens is 2. The van der Waals surface area contributed by atoms with E-state index >= 15 is 0 Å². The number of likely N-dealkylation sites (tertiary alicyclic amines) is 2. The van der Waals surface area contributed by atoms with Crippen LogP contribution in [0.5, 0.6) is 5.75 Å². The Hall–Kier alpha value is -2.91. The number of benzene rings is 1.